The van der Waals surface area contributed by atoms with Crippen molar-refractivity contribution < 1.29 is 0 Å². The largest absolute Gasteiger partial charge is 0.338 e. The number of imidazole rings is 1. The van der Waals surface area contributed by atoms with Gasteiger partial charge in [-0.2, -0.15) is 0 Å². The van der Waals surface area contributed by atoms with Crippen molar-refractivity contribution in [3.63, 3.8) is 0 Å². The summed E-state index contributed by atoms with van der Waals surface area (Å²) >= 11 is 0. The Labute approximate surface area is 99.3 Å². The van der Waals surface area contributed by atoms with Crippen molar-refractivity contribution in [2.24, 2.45) is 13.0 Å². The third kappa shape index (κ3) is 3.63. The molecule has 0 saturated heterocycles. The van der Waals surface area contributed by atoms with Gasteiger partial charge in [0.05, 0.1) is 0 Å². The standard InChI is InChI=1S/C13H25N3/c1-11(2)10-14-7-6-13(3,4)12-15-8-9-16(12)5/h8-9,11,14H,6-7,10H2,1-5H3. The van der Waals surface area contributed by atoms with Crippen molar-refractivity contribution in [3.05, 3.63) is 18.2 Å². The van der Waals surface area contributed by atoms with Crippen LogP contribution in [0.5, 0.6) is 0 Å². The molecule has 3 heteroatoms. The van der Waals surface area contributed by atoms with Gasteiger partial charge in [-0.1, -0.05) is 27.7 Å². The smallest absolute Gasteiger partial charge is 0.114 e. The van der Waals surface area contributed by atoms with Crippen LogP contribution in [0.4, 0.5) is 0 Å². The first-order valence-corrected chi connectivity index (χ1v) is 6.12. The van der Waals surface area contributed by atoms with Gasteiger partial charge >= 0.3 is 0 Å². The molecule has 0 aliphatic carbocycles. The molecule has 92 valence electrons. The van der Waals surface area contributed by atoms with Crippen molar-refractivity contribution in [2.75, 3.05) is 13.1 Å². The highest BCUT2D eigenvalue weighted by atomic mass is 15.0. The maximum absolute atomic E-state index is 4.44. The van der Waals surface area contributed by atoms with E-state index in [1.54, 1.807) is 0 Å². The number of rotatable bonds is 6. The van der Waals surface area contributed by atoms with Crippen LogP contribution in [-0.2, 0) is 12.5 Å². The van der Waals surface area contributed by atoms with E-state index in [1.807, 2.05) is 12.4 Å². The molecular formula is C13H25N3. The number of aromatic nitrogens is 2. The molecule has 1 aromatic rings. The maximum Gasteiger partial charge on any atom is 0.114 e. The highest BCUT2D eigenvalue weighted by Crippen LogP contribution is 2.24. The van der Waals surface area contributed by atoms with Crippen LogP contribution in [0.25, 0.3) is 0 Å². The molecule has 1 N–H and O–H groups in total. The molecule has 0 unspecified atom stereocenters. The molecular weight excluding hydrogens is 198 g/mol. The van der Waals surface area contributed by atoms with Crippen LogP contribution in [-0.4, -0.2) is 22.6 Å². The van der Waals surface area contributed by atoms with E-state index in [0.717, 1.165) is 25.4 Å². The maximum atomic E-state index is 4.44. The van der Waals surface area contributed by atoms with Gasteiger partial charge in [-0.3, -0.25) is 0 Å². The van der Waals surface area contributed by atoms with Gasteiger partial charge in [0.25, 0.3) is 0 Å². The Hall–Kier alpha value is -0.830. The Morgan fingerprint density at radius 1 is 1.44 bits per heavy atom. The van der Waals surface area contributed by atoms with Crippen LogP contribution in [0.15, 0.2) is 12.4 Å². The van der Waals surface area contributed by atoms with Crippen molar-refractivity contribution in [1.29, 1.82) is 0 Å². The van der Waals surface area contributed by atoms with Gasteiger partial charge in [-0.25, -0.2) is 4.98 Å². The van der Waals surface area contributed by atoms with Gasteiger partial charge in [0, 0.05) is 24.9 Å². The SMILES string of the molecule is CC(C)CNCCC(C)(C)c1nccn1C. The lowest BCUT2D eigenvalue weighted by Gasteiger charge is -2.24. The fourth-order valence-electron chi connectivity index (χ4n) is 1.92. The zero-order valence-corrected chi connectivity index (χ0v) is 11.2. The molecule has 16 heavy (non-hydrogen) atoms. The van der Waals surface area contributed by atoms with Crippen molar-refractivity contribution in [3.8, 4) is 0 Å². The quantitative estimate of drug-likeness (QED) is 0.750. The summed E-state index contributed by atoms with van der Waals surface area (Å²) < 4.78 is 2.11. The van der Waals surface area contributed by atoms with E-state index in [4.69, 9.17) is 0 Å². The van der Waals surface area contributed by atoms with E-state index in [0.29, 0.717) is 0 Å². The number of nitrogens with zero attached hydrogens (tertiary/aromatic N) is 2. The zero-order chi connectivity index (χ0) is 12.2. The number of hydrogen-bond donors (Lipinski definition) is 1. The molecule has 0 radical (unpaired) electrons. The Kier molecular flexibility index (Phi) is 4.54. The highest BCUT2D eigenvalue weighted by Gasteiger charge is 2.24. The first kappa shape index (κ1) is 13.2. The van der Waals surface area contributed by atoms with E-state index in [1.165, 1.54) is 5.82 Å². The summed E-state index contributed by atoms with van der Waals surface area (Å²) in [5.41, 5.74) is 0.141. The molecule has 0 spiro atoms. The molecule has 3 nitrogen and oxygen atoms in total. The average Bonchev–Trinajstić information content (AvgIpc) is 2.59. The number of aryl methyl sites for hydroxylation is 1. The monoisotopic (exact) mass is 223 g/mol. The normalized spacial score (nSPS) is 12.4. The summed E-state index contributed by atoms with van der Waals surface area (Å²) in [6, 6.07) is 0. The van der Waals surface area contributed by atoms with E-state index in [9.17, 15) is 0 Å². The van der Waals surface area contributed by atoms with Gasteiger partial charge < -0.3 is 9.88 Å². The van der Waals surface area contributed by atoms with E-state index in [2.05, 4.69) is 49.6 Å². The second-order valence-corrected chi connectivity index (χ2v) is 5.59. The van der Waals surface area contributed by atoms with E-state index in [-0.39, 0.29) is 5.41 Å². The summed E-state index contributed by atoms with van der Waals surface area (Å²) in [6.07, 6.45) is 5.00. The van der Waals surface area contributed by atoms with E-state index >= 15 is 0 Å². The lowest BCUT2D eigenvalue weighted by molar-refractivity contribution is 0.412. The topological polar surface area (TPSA) is 29.9 Å². The van der Waals surface area contributed by atoms with Crippen LogP contribution in [0.1, 0.15) is 39.9 Å². The summed E-state index contributed by atoms with van der Waals surface area (Å²) in [6.45, 7) is 11.1. The van der Waals surface area contributed by atoms with Gasteiger partial charge in [0.1, 0.15) is 5.82 Å². The second kappa shape index (κ2) is 5.48. The van der Waals surface area contributed by atoms with Crippen molar-refractivity contribution >= 4 is 0 Å². The number of nitrogens with one attached hydrogen (secondary N) is 1. The molecule has 0 saturated carbocycles. The molecule has 1 rings (SSSR count). The summed E-state index contributed by atoms with van der Waals surface area (Å²) in [4.78, 5) is 4.44. The Morgan fingerprint density at radius 3 is 2.62 bits per heavy atom. The van der Waals surface area contributed by atoms with Crippen LogP contribution in [0.3, 0.4) is 0 Å². The molecule has 0 aliphatic heterocycles. The predicted molar refractivity (Wildman–Crippen MR) is 68.6 cm³/mol. The fourth-order valence-corrected chi connectivity index (χ4v) is 1.92. The molecule has 0 aliphatic rings. The van der Waals surface area contributed by atoms with Crippen LogP contribution in [0, 0.1) is 5.92 Å². The lowest BCUT2D eigenvalue weighted by Crippen LogP contribution is -2.29. The molecule has 0 bridgehead atoms. The third-order valence-corrected chi connectivity index (χ3v) is 2.91. The van der Waals surface area contributed by atoms with Gasteiger partial charge in [0.15, 0.2) is 0 Å². The first-order chi connectivity index (χ1) is 7.43. The van der Waals surface area contributed by atoms with Crippen LogP contribution >= 0.6 is 0 Å². The Bertz CT molecular complexity index is 313. The zero-order valence-electron chi connectivity index (χ0n) is 11.2. The lowest BCUT2D eigenvalue weighted by atomic mass is 9.88. The third-order valence-electron chi connectivity index (χ3n) is 2.91. The second-order valence-electron chi connectivity index (χ2n) is 5.59. The van der Waals surface area contributed by atoms with Crippen molar-refractivity contribution in [2.45, 2.75) is 39.5 Å². The van der Waals surface area contributed by atoms with Gasteiger partial charge in [0.2, 0.25) is 0 Å². The molecule has 1 aromatic heterocycles. The first-order valence-electron chi connectivity index (χ1n) is 6.12. The Morgan fingerprint density at radius 2 is 2.12 bits per heavy atom. The van der Waals surface area contributed by atoms with Crippen molar-refractivity contribution in [1.82, 2.24) is 14.9 Å². The van der Waals surface area contributed by atoms with Crippen LogP contribution in [0.2, 0.25) is 0 Å². The molecule has 0 amide bonds. The average molecular weight is 223 g/mol. The molecule has 0 aromatic carbocycles. The highest BCUT2D eigenvalue weighted by molar-refractivity contribution is 5.06. The minimum Gasteiger partial charge on any atom is -0.338 e. The minimum atomic E-state index is 0.141. The molecule has 0 fully saturated rings. The minimum absolute atomic E-state index is 0.141. The van der Waals surface area contributed by atoms with Gasteiger partial charge in [-0.15, -0.1) is 0 Å². The fraction of sp³-hybridized carbons (Fsp3) is 0.769. The summed E-state index contributed by atoms with van der Waals surface area (Å²) in [5.74, 6) is 1.88. The number of hydrogen-bond acceptors (Lipinski definition) is 2. The molecule has 1 heterocycles. The van der Waals surface area contributed by atoms with E-state index < -0.39 is 0 Å². The Balaban J connectivity index is 2.43. The summed E-state index contributed by atoms with van der Waals surface area (Å²) in [5, 5.41) is 3.49. The van der Waals surface area contributed by atoms with Crippen LogP contribution < -0.4 is 5.32 Å². The van der Waals surface area contributed by atoms with Gasteiger partial charge in [-0.05, 0) is 25.4 Å². The molecule has 0 atom stereocenters. The predicted octanol–water partition coefficient (Wildman–Crippen LogP) is 2.33. The summed E-state index contributed by atoms with van der Waals surface area (Å²) in [7, 11) is 2.06.